The van der Waals surface area contributed by atoms with Gasteiger partial charge in [0.05, 0.1) is 12.8 Å². The SMILES string of the molecule is COc1ccc(Cl)cc1NC1CC(c2ccccc2Br)C1. The minimum absolute atomic E-state index is 0.467. The molecule has 1 aliphatic rings. The van der Waals surface area contributed by atoms with Gasteiger partial charge in [-0.05, 0) is 48.6 Å². The second kappa shape index (κ2) is 6.29. The number of anilines is 1. The predicted molar refractivity (Wildman–Crippen MR) is 91.5 cm³/mol. The van der Waals surface area contributed by atoms with Crippen molar-refractivity contribution in [1.29, 1.82) is 0 Å². The van der Waals surface area contributed by atoms with E-state index in [2.05, 4.69) is 45.5 Å². The highest BCUT2D eigenvalue weighted by atomic mass is 79.9. The van der Waals surface area contributed by atoms with E-state index in [0.717, 1.165) is 29.3 Å². The molecular formula is C17H17BrClNO. The van der Waals surface area contributed by atoms with Crippen molar-refractivity contribution in [2.45, 2.75) is 24.8 Å². The molecule has 21 heavy (non-hydrogen) atoms. The van der Waals surface area contributed by atoms with Gasteiger partial charge in [-0.3, -0.25) is 0 Å². The molecule has 0 heterocycles. The van der Waals surface area contributed by atoms with Crippen molar-refractivity contribution >= 4 is 33.2 Å². The summed E-state index contributed by atoms with van der Waals surface area (Å²) in [6.07, 6.45) is 2.25. The summed E-state index contributed by atoms with van der Waals surface area (Å²) < 4.78 is 6.57. The van der Waals surface area contributed by atoms with Crippen LogP contribution in [0.5, 0.6) is 5.75 Å². The maximum absolute atomic E-state index is 6.06. The van der Waals surface area contributed by atoms with Crippen LogP contribution in [0.25, 0.3) is 0 Å². The molecule has 2 aromatic carbocycles. The van der Waals surface area contributed by atoms with E-state index in [1.54, 1.807) is 7.11 Å². The first-order valence-corrected chi connectivity index (χ1v) is 8.19. The van der Waals surface area contributed by atoms with Crippen LogP contribution >= 0.6 is 27.5 Å². The van der Waals surface area contributed by atoms with Crippen LogP contribution in [0, 0.1) is 0 Å². The first kappa shape index (κ1) is 14.7. The lowest BCUT2D eigenvalue weighted by Crippen LogP contribution is -2.34. The average molecular weight is 367 g/mol. The van der Waals surface area contributed by atoms with Crippen molar-refractivity contribution in [1.82, 2.24) is 0 Å². The number of nitrogens with one attached hydrogen (secondary N) is 1. The van der Waals surface area contributed by atoms with Crippen LogP contribution in [0.1, 0.15) is 24.3 Å². The summed E-state index contributed by atoms with van der Waals surface area (Å²) in [5.74, 6) is 1.45. The molecule has 0 spiro atoms. The molecule has 110 valence electrons. The Kier molecular flexibility index (Phi) is 4.41. The number of ether oxygens (including phenoxy) is 1. The molecule has 1 aliphatic carbocycles. The molecule has 2 aromatic rings. The van der Waals surface area contributed by atoms with Crippen molar-refractivity contribution in [3.8, 4) is 5.75 Å². The summed E-state index contributed by atoms with van der Waals surface area (Å²) >= 11 is 9.69. The smallest absolute Gasteiger partial charge is 0.142 e. The summed E-state index contributed by atoms with van der Waals surface area (Å²) in [7, 11) is 1.68. The van der Waals surface area contributed by atoms with Crippen molar-refractivity contribution in [2.75, 3.05) is 12.4 Å². The van der Waals surface area contributed by atoms with Crippen LogP contribution in [-0.2, 0) is 0 Å². The Bertz CT molecular complexity index is 640. The number of benzene rings is 2. The third-order valence-electron chi connectivity index (χ3n) is 4.00. The number of hydrogen-bond acceptors (Lipinski definition) is 2. The van der Waals surface area contributed by atoms with Gasteiger partial charge in [0.2, 0.25) is 0 Å². The molecule has 1 fully saturated rings. The summed E-state index contributed by atoms with van der Waals surface area (Å²) in [6, 6.07) is 14.6. The average Bonchev–Trinajstić information content (AvgIpc) is 2.44. The van der Waals surface area contributed by atoms with E-state index in [1.165, 1.54) is 10.0 Å². The minimum atomic E-state index is 0.467. The highest BCUT2D eigenvalue weighted by Crippen LogP contribution is 2.42. The van der Waals surface area contributed by atoms with Gasteiger partial charge in [-0.15, -0.1) is 0 Å². The monoisotopic (exact) mass is 365 g/mol. The highest BCUT2D eigenvalue weighted by molar-refractivity contribution is 9.10. The van der Waals surface area contributed by atoms with Gasteiger partial charge in [-0.1, -0.05) is 45.7 Å². The van der Waals surface area contributed by atoms with Crippen LogP contribution in [0.3, 0.4) is 0 Å². The van der Waals surface area contributed by atoms with Gasteiger partial charge < -0.3 is 10.1 Å². The molecule has 1 saturated carbocycles. The zero-order valence-corrected chi connectivity index (χ0v) is 14.1. The number of rotatable bonds is 4. The van der Waals surface area contributed by atoms with Gasteiger partial charge in [-0.2, -0.15) is 0 Å². The Morgan fingerprint density at radius 2 is 1.95 bits per heavy atom. The van der Waals surface area contributed by atoms with E-state index >= 15 is 0 Å². The number of methoxy groups -OCH3 is 1. The Morgan fingerprint density at radius 1 is 1.19 bits per heavy atom. The Balaban J connectivity index is 1.65. The van der Waals surface area contributed by atoms with Crippen molar-refractivity contribution < 1.29 is 4.74 Å². The fourth-order valence-corrected chi connectivity index (χ4v) is 3.59. The molecule has 2 nitrogen and oxygen atoms in total. The third-order valence-corrected chi connectivity index (χ3v) is 4.96. The summed E-state index contributed by atoms with van der Waals surface area (Å²) in [5, 5.41) is 4.26. The molecule has 0 aliphatic heterocycles. The lowest BCUT2D eigenvalue weighted by Gasteiger charge is -2.37. The fraction of sp³-hybridized carbons (Fsp3) is 0.294. The molecular weight excluding hydrogens is 350 g/mol. The second-order valence-electron chi connectivity index (χ2n) is 5.38. The highest BCUT2D eigenvalue weighted by Gasteiger charge is 2.31. The quantitative estimate of drug-likeness (QED) is 0.774. The van der Waals surface area contributed by atoms with Crippen molar-refractivity contribution in [3.63, 3.8) is 0 Å². The Labute approximate surface area is 138 Å². The van der Waals surface area contributed by atoms with E-state index in [-0.39, 0.29) is 0 Å². The molecule has 4 heteroatoms. The Hall–Kier alpha value is -1.19. The van der Waals surface area contributed by atoms with Crippen LogP contribution in [-0.4, -0.2) is 13.2 Å². The maximum atomic E-state index is 6.06. The fourth-order valence-electron chi connectivity index (χ4n) is 2.81. The first-order chi connectivity index (χ1) is 10.2. The largest absolute Gasteiger partial charge is 0.495 e. The molecule has 0 atom stereocenters. The topological polar surface area (TPSA) is 21.3 Å². The van der Waals surface area contributed by atoms with E-state index in [4.69, 9.17) is 16.3 Å². The summed E-state index contributed by atoms with van der Waals surface area (Å²) in [4.78, 5) is 0. The first-order valence-electron chi connectivity index (χ1n) is 7.02. The van der Waals surface area contributed by atoms with E-state index in [0.29, 0.717) is 12.0 Å². The van der Waals surface area contributed by atoms with E-state index in [1.807, 2.05) is 18.2 Å². The number of halogens is 2. The lowest BCUT2D eigenvalue weighted by molar-refractivity contribution is 0.369. The summed E-state index contributed by atoms with van der Waals surface area (Å²) in [5.41, 5.74) is 2.37. The predicted octanol–water partition coefficient (Wildman–Crippen LogP) is 5.47. The zero-order valence-electron chi connectivity index (χ0n) is 11.8. The van der Waals surface area contributed by atoms with Crippen molar-refractivity contribution in [3.05, 3.63) is 57.5 Å². The second-order valence-corrected chi connectivity index (χ2v) is 6.67. The molecule has 0 bridgehead atoms. The zero-order chi connectivity index (χ0) is 14.8. The van der Waals surface area contributed by atoms with E-state index < -0.39 is 0 Å². The Morgan fingerprint density at radius 3 is 2.67 bits per heavy atom. The maximum Gasteiger partial charge on any atom is 0.142 e. The van der Waals surface area contributed by atoms with Gasteiger partial charge in [0.25, 0.3) is 0 Å². The van der Waals surface area contributed by atoms with E-state index in [9.17, 15) is 0 Å². The van der Waals surface area contributed by atoms with Gasteiger partial charge in [-0.25, -0.2) is 0 Å². The van der Waals surface area contributed by atoms with Gasteiger partial charge >= 0.3 is 0 Å². The van der Waals surface area contributed by atoms with Crippen LogP contribution < -0.4 is 10.1 Å². The third kappa shape index (κ3) is 3.19. The van der Waals surface area contributed by atoms with Gasteiger partial charge in [0, 0.05) is 15.5 Å². The normalized spacial score (nSPS) is 20.7. The van der Waals surface area contributed by atoms with Crippen LogP contribution in [0.15, 0.2) is 46.9 Å². The minimum Gasteiger partial charge on any atom is -0.495 e. The van der Waals surface area contributed by atoms with Crippen LogP contribution in [0.4, 0.5) is 5.69 Å². The van der Waals surface area contributed by atoms with Crippen molar-refractivity contribution in [2.24, 2.45) is 0 Å². The molecule has 0 radical (unpaired) electrons. The van der Waals surface area contributed by atoms with Gasteiger partial charge in [0.15, 0.2) is 0 Å². The van der Waals surface area contributed by atoms with Crippen LogP contribution in [0.2, 0.25) is 5.02 Å². The molecule has 1 N–H and O–H groups in total. The lowest BCUT2D eigenvalue weighted by atomic mass is 9.76. The number of hydrogen-bond donors (Lipinski definition) is 1. The molecule has 0 aromatic heterocycles. The van der Waals surface area contributed by atoms with Gasteiger partial charge in [0.1, 0.15) is 5.75 Å². The molecule has 0 unspecified atom stereocenters. The molecule has 0 amide bonds. The molecule has 0 saturated heterocycles. The standard InChI is InChI=1S/C17H17BrClNO/c1-21-17-7-6-12(19)10-16(17)20-13-8-11(9-13)14-4-2-3-5-15(14)18/h2-7,10-11,13,20H,8-9H2,1H3. The molecule has 3 rings (SSSR count). The summed E-state index contributed by atoms with van der Waals surface area (Å²) in [6.45, 7) is 0.